The van der Waals surface area contributed by atoms with Crippen LogP contribution in [-0.2, 0) is 23.8 Å². The summed E-state index contributed by atoms with van der Waals surface area (Å²) in [5.41, 5.74) is -7.59. The minimum atomic E-state index is -2.39. The van der Waals surface area contributed by atoms with Gasteiger partial charge < -0.3 is 19.3 Å². The van der Waals surface area contributed by atoms with Crippen LogP contribution in [-0.4, -0.2) is 59.5 Å². The average molecular weight is 571 g/mol. The van der Waals surface area contributed by atoms with E-state index in [0.29, 0.717) is 0 Å². The second-order valence-corrected chi connectivity index (χ2v) is 13.2. The van der Waals surface area contributed by atoms with Gasteiger partial charge in [-0.2, -0.15) is 0 Å². The Morgan fingerprint density at radius 2 is 1.75 bits per heavy atom. The van der Waals surface area contributed by atoms with Gasteiger partial charge in [-0.1, -0.05) is 47.6 Å². The maximum Gasteiger partial charge on any atom is 0.509 e. The number of aliphatic hydroxyl groups is 1. The molecule has 40 heavy (non-hydrogen) atoms. The fourth-order valence-corrected chi connectivity index (χ4v) is 8.68. The summed E-state index contributed by atoms with van der Waals surface area (Å²) in [6, 6.07) is 0. The number of ketones is 1. The maximum absolute atomic E-state index is 17.5. The highest BCUT2D eigenvalue weighted by Gasteiger charge is 2.79. The van der Waals surface area contributed by atoms with Crippen LogP contribution >= 0.6 is 0 Å². The summed E-state index contributed by atoms with van der Waals surface area (Å²) in [7, 11) is 0. The predicted octanol–water partition coefficient (Wildman–Crippen LogP) is 5.59. The van der Waals surface area contributed by atoms with Gasteiger partial charge in [0, 0.05) is 22.7 Å². The zero-order valence-corrected chi connectivity index (χ0v) is 24.2. The number of ether oxygens (including phenoxy) is 3. The van der Waals surface area contributed by atoms with Crippen molar-refractivity contribution in [1.29, 1.82) is 0 Å². The Morgan fingerprint density at radius 1 is 1.12 bits per heavy atom. The van der Waals surface area contributed by atoms with Gasteiger partial charge in [-0.25, -0.2) is 22.8 Å². The lowest BCUT2D eigenvalue weighted by molar-refractivity contribution is -0.236. The van der Waals surface area contributed by atoms with Crippen LogP contribution in [0.4, 0.5) is 18.0 Å². The van der Waals surface area contributed by atoms with Crippen LogP contribution < -0.4 is 0 Å². The molecule has 3 saturated carbocycles. The normalized spacial score (nSPS) is 42.3. The molecule has 9 atom stereocenters. The summed E-state index contributed by atoms with van der Waals surface area (Å²) in [6.07, 6.45) is -2.08. The van der Waals surface area contributed by atoms with Gasteiger partial charge in [-0.15, -0.1) is 0 Å². The molecule has 0 aromatic carbocycles. The standard InChI is InChI=1S/C30H41F3O7/c1-15(2)24(16(3)4)39-26(37)40-30(25(36)38-14-31)17(5)10-19-20-12-22(32)21-11-18(34)8-9-27(21,6)29(20,33)23(35)13-28(19,30)7/h8-9,11,15-17,19-20,22-24,35H,10,12-14H2,1-7H3/t17-,19+,20+,22+,23+,27+,28+,29?,30-/m1/s1. The number of halogens is 3. The molecule has 0 radical (unpaired) electrons. The molecule has 1 unspecified atom stereocenters. The number of alkyl halides is 3. The van der Waals surface area contributed by atoms with E-state index in [4.69, 9.17) is 14.2 Å². The molecule has 224 valence electrons. The molecule has 0 amide bonds. The Balaban J connectivity index is 1.80. The smallest absolute Gasteiger partial charge is 0.431 e. The molecule has 0 aliphatic heterocycles. The van der Waals surface area contributed by atoms with E-state index in [2.05, 4.69) is 0 Å². The van der Waals surface area contributed by atoms with Gasteiger partial charge in [0.05, 0.1) is 6.10 Å². The van der Waals surface area contributed by atoms with Crippen molar-refractivity contribution in [2.24, 2.45) is 40.4 Å². The topological polar surface area (TPSA) is 99.1 Å². The van der Waals surface area contributed by atoms with Crippen LogP contribution in [0.1, 0.15) is 67.7 Å². The molecule has 0 heterocycles. The number of aliphatic hydroxyl groups excluding tert-OH is 1. The van der Waals surface area contributed by atoms with Crippen molar-refractivity contribution < 1.29 is 46.9 Å². The second kappa shape index (κ2) is 10.2. The molecule has 0 bridgehead atoms. The highest BCUT2D eigenvalue weighted by atomic mass is 19.1. The Hall–Kier alpha value is -2.36. The molecule has 3 fully saturated rings. The first-order valence-electron chi connectivity index (χ1n) is 14.1. The van der Waals surface area contributed by atoms with Crippen LogP contribution in [0.5, 0.6) is 0 Å². The van der Waals surface area contributed by atoms with E-state index in [1.807, 2.05) is 27.7 Å². The van der Waals surface area contributed by atoms with Crippen molar-refractivity contribution >= 4 is 17.9 Å². The molecular formula is C30H41F3O7. The largest absolute Gasteiger partial charge is 0.509 e. The summed E-state index contributed by atoms with van der Waals surface area (Å²) in [6.45, 7) is 10.7. The highest BCUT2D eigenvalue weighted by molar-refractivity contribution is 6.01. The third-order valence-electron chi connectivity index (χ3n) is 10.4. The van der Waals surface area contributed by atoms with E-state index in [0.717, 1.165) is 6.08 Å². The Bertz CT molecular complexity index is 1110. The van der Waals surface area contributed by atoms with Gasteiger partial charge in [0.1, 0.15) is 12.3 Å². The van der Waals surface area contributed by atoms with E-state index < -0.39 is 83.0 Å². The van der Waals surface area contributed by atoms with Gasteiger partial charge in [-0.3, -0.25) is 4.79 Å². The van der Waals surface area contributed by atoms with E-state index in [1.165, 1.54) is 19.1 Å². The maximum atomic E-state index is 17.5. The highest BCUT2D eigenvalue weighted by Crippen LogP contribution is 2.71. The number of allylic oxidation sites excluding steroid dienone is 4. The fraction of sp³-hybridized carbons (Fsp3) is 0.767. The molecule has 4 aliphatic carbocycles. The first-order chi connectivity index (χ1) is 18.5. The molecule has 7 nitrogen and oxygen atoms in total. The van der Waals surface area contributed by atoms with E-state index >= 15 is 8.78 Å². The van der Waals surface area contributed by atoms with Crippen LogP contribution in [0.3, 0.4) is 0 Å². The van der Waals surface area contributed by atoms with Gasteiger partial charge in [0.15, 0.2) is 11.5 Å². The van der Waals surface area contributed by atoms with E-state index in [1.54, 1.807) is 13.8 Å². The summed E-state index contributed by atoms with van der Waals surface area (Å²) in [5.74, 6) is -4.43. The lowest BCUT2D eigenvalue weighted by Gasteiger charge is -2.62. The Kier molecular flexibility index (Phi) is 7.78. The van der Waals surface area contributed by atoms with Gasteiger partial charge >= 0.3 is 12.1 Å². The quantitative estimate of drug-likeness (QED) is 0.416. The van der Waals surface area contributed by atoms with Crippen molar-refractivity contribution in [3.63, 3.8) is 0 Å². The predicted molar refractivity (Wildman–Crippen MR) is 139 cm³/mol. The molecule has 4 rings (SSSR count). The third-order valence-corrected chi connectivity index (χ3v) is 10.4. The van der Waals surface area contributed by atoms with E-state index in [-0.39, 0.29) is 36.7 Å². The number of carbonyl (C=O) groups is 3. The molecule has 0 aromatic rings. The van der Waals surface area contributed by atoms with Gasteiger partial charge in [0.2, 0.25) is 12.5 Å². The first kappa shape index (κ1) is 30.6. The van der Waals surface area contributed by atoms with E-state index in [9.17, 15) is 23.9 Å². The zero-order chi connectivity index (χ0) is 30.0. The molecule has 10 heteroatoms. The molecule has 0 aromatic heterocycles. The number of hydrogen-bond acceptors (Lipinski definition) is 7. The molecule has 0 spiro atoms. The number of rotatable bonds is 6. The van der Waals surface area contributed by atoms with Crippen molar-refractivity contribution in [3.05, 3.63) is 23.8 Å². The monoisotopic (exact) mass is 570 g/mol. The lowest BCUT2D eigenvalue weighted by atomic mass is 9.44. The van der Waals surface area contributed by atoms with Gasteiger partial charge in [0.25, 0.3) is 0 Å². The molecule has 0 saturated heterocycles. The van der Waals surface area contributed by atoms with Crippen LogP contribution in [0, 0.1) is 40.4 Å². The average Bonchev–Trinajstić information content (AvgIpc) is 3.07. The zero-order valence-electron chi connectivity index (χ0n) is 24.2. The first-order valence-corrected chi connectivity index (χ1v) is 14.1. The number of carbonyl (C=O) groups excluding carboxylic acids is 3. The summed E-state index contributed by atoms with van der Waals surface area (Å²) in [4.78, 5) is 38.9. The SMILES string of the molecule is CC(C)C(OC(=O)O[C@@]1(C(=O)OCF)[C@H](C)C[C@H]2[C@@H]3C[C@H](F)C4=CC(=O)C=C[C@]4(C)C3(F)[C@@H](O)C[C@@]21C)C(C)C. The number of fused-ring (bicyclic) bond motifs is 5. The van der Waals surface area contributed by atoms with Crippen LogP contribution in [0.15, 0.2) is 23.8 Å². The third kappa shape index (κ3) is 4.06. The van der Waals surface area contributed by atoms with Crippen molar-refractivity contribution in [3.8, 4) is 0 Å². The lowest BCUT2D eigenvalue weighted by Crippen LogP contribution is -2.71. The number of esters is 1. The summed E-state index contributed by atoms with van der Waals surface area (Å²) < 4.78 is 62.9. The molecule has 4 aliphatic rings. The summed E-state index contributed by atoms with van der Waals surface area (Å²) >= 11 is 0. The Labute approximate surface area is 233 Å². The second-order valence-electron chi connectivity index (χ2n) is 13.2. The van der Waals surface area contributed by atoms with Gasteiger partial charge in [-0.05, 0) is 61.7 Å². The number of hydrogen-bond donors (Lipinski definition) is 1. The van der Waals surface area contributed by atoms with Crippen molar-refractivity contribution in [1.82, 2.24) is 0 Å². The molecule has 1 N–H and O–H groups in total. The minimum absolute atomic E-state index is 0.0243. The Morgan fingerprint density at radius 3 is 2.33 bits per heavy atom. The van der Waals surface area contributed by atoms with Crippen molar-refractivity contribution in [2.75, 3.05) is 6.86 Å². The molecular weight excluding hydrogens is 529 g/mol. The summed E-state index contributed by atoms with van der Waals surface area (Å²) in [5, 5.41) is 11.5. The minimum Gasteiger partial charge on any atom is -0.431 e. The fourth-order valence-electron chi connectivity index (χ4n) is 8.68. The van der Waals surface area contributed by atoms with Crippen molar-refractivity contribution in [2.45, 2.75) is 97.4 Å². The van der Waals surface area contributed by atoms with Crippen LogP contribution in [0.2, 0.25) is 0 Å². The van der Waals surface area contributed by atoms with Crippen LogP contribution in [0.25, 0.3) is 0 Å².